The van der Waals surface area contributed by atoms with E-state index in [1.807, 2.05) is 74.5 Å². The molecule has 0 unspecified atom stereocenters. The molecule has 0 aliphatic carbocycles. The van der Waals surface area contributed by atoms with E-state index in [-0.39, 0.29) is 18.4 Å². The highest BCUT2D eigenvalue weighted by molar-refractivity contribution is 6.04. The molecule has 1 aliphatic heterocycles. The minimum Gasteiger partial charge on any atom is -0.482 e. The third kappa shape index (κ3) is 4.14. The Morgan fingerprint density at radius 1 is 1.00 bits per heavy atom. The summed E-state index contributed by atoms with van der Waals surface area (Å²) < 4.78 is 5.54. The molecule has 146 valence electrons. The first-order valence-corrected chi connectivity index (χ1v) is 9.50. The van der Waals surface area contributed by atoms with Gasteiger partial charge < -0.3 is 15.0 Å². The summed E-state index contributed by atoms with van der Waals surface area (Å²) in [5.41, 5.74) is 5.13. The normalized spacial score (nSPS) is 12.9. The number of anilines is 2. The second kappa shape index (κ2) is 7.80. The molecule has 29 heavy (non-hydrogen) atoms. The van der Waals surface area contributed by atoms with Crippen molar-refractivity contribution in [3.8, 4) is 5.75 Å². The van der Waals surface area contributed by atoms with Gasteiger partial charge in [-0.3, -0.25) is 9.59 Å². The van der Waals surface area contributed by atoms with E-state index in [1.54, 1.807) is 11.0 Å². The molecular formula is C24H22N2O3. The number of nitrogens with zero attached hydrogens (tertiary/aromatic N) is 1. The number of benzene rings is 3. The molecule has 1 N–H and O–H groups in total. The molecular weight excluding hydrogens is 364 g/mol. The van der Waals surface area contributed by atoms with E-state index >= 15 is 0 Å². The van der Waals surface area contributed by atoms with Crippen molar-refractivity contribution in [1.82, 2.24) is 0 Å². The highest BCUT2D eigenvalue weighted by Crippen LogP contribution is 2.33. The van der Waals surface area contributed by atoms with Gasteiger partial charge in [-0.2, -0.15) is 0 Å². The first-order chi connectivity index (χ1) is 14.0. The lowest BCUT2D eigenvalue weighted by Crippen LogP contribution is -2.38. The van der Waals surface area contributed by atoms with E-state index in [9.17, 15) is 9.59 Å². The molecule has 0 saturated carbocycles. The van der Waals surface area contributed by atoms with Crippen molar-refractivity contribution in [2.24, 2.45) is 0 Å². The fraction of sp³-hybridized carbons (Fsp3) is 0.167. The van der Waals surface area contributed by atoms with Crippen LogP contribution in [0, 0.1) is 13.8 Å². The number of rotatable bonds is 4. The largest absolute Gasteiger partial charge is 0.482 e. The van der Waals surface area contributed by atoms with E-state index in [4.69, 9.17) is 4.74 Å². The SMILES string of the molecule is Cc1ccc(NC(=O)c2cccc(CN3C(=O)COc4ccc(C)cc43)c2)cc1. The molecule has 0 fully saturated rings. The Bertz CT molecular complexity index is 1070. The predicted octanol–water partition coefficient (Wildman–Crippen LogP) is 4.48. The molecule has 0 saturated heterocycles. The Kier molecular flexibility index (Phi) is 5.04. The fourth-order valence-corrected chi connectivity index (χ4v) is 3.32. The van der Waals surface area contributed by atoms with E-state index in [0.717, 1.165) is 28.1 Å². The lowest BCUT2D eigenvalue weighted by Gasteiger charge is -2.29. The molecule has 0 bridgehead atoms. The van der Waals surface area contributed by atoms with Gasteiger partial charge >= 0.3 is 0 Å². The summed E-state index contributed by atoms with van der Waals surface area (Å²) in [7, 11) is 0. The van der Waals surface area contributed by atoms with Crippen LogP contribution in [0.3, 0.4) is 0 Å². The molecule has 3 aromatic carbocycles. The predicted molar refractivity (Wildman–Crippen MR) is 113 cm³/mol. The molecule has 1 aliphatic rings. The van der Waals surface area contributed by atoms with Crippen LogP contribution in [0.2, 0.25) is 0 Å². The number of carbonyl (C=O) groups excluding carboxylic acids is 2. The maximum Gasteiger partial charge on any atom is 0.265 e. The van der Waals surface area contributed by atoms with Crippen molar-refractivity contribution in [2.45, 2.75) is 20.4 Å². The van der Waals surface area contributed by atoms with Gasteiger partial charge in [-0.05, 0) is 61.4 Å². The van der Waals surface area contributed by atoms with E-state index in [1.165, 1.54) is 0 Å². The van der Waals surface area contributed by atoms with Gasteiger partial charge in [0.25, 0.3) is 11.8 Å². The number of ether oxygens (including phenoxy) is 1. The molecule has 5 heteroatoms. The average molecular weight is 386 g/mol. The number of aryl methyl sites for hydroxylation is 2. The van der Waals surface area contributed by atoms with Crippen LogP contribution in [-0.4, -0.2) is 18.4 Å². The number of fused-ring (bicyclic) bond motifs is 1. The van der Waals surface area contributed by atoms with Crippen LogP contribution >= 0.6 is 0 Å². The van der Waals surface area contributed by atoms with Crippen LogP contribution in [0.15, 0.2) is 66.7 Å². The highest BCUT2D eigenvalue weighted by atomic mass is 16.5. The summed E-state index contributed by atoms with van der Waals surface area (Å²) in [5, 5.41) is 2.91. The van der Waals surface area contributed by atoms with Crippen molar-refractivity contribution in [3.05, 3.63) is 89.0 Å². The zero-order chi connectivity index (χ0) is 20.4. The first-order valence-electron chi connectivity index (χ1n) is 9.50. The van der Waals surface area contributed by atoms with Crippen LogP contribution in [0.25, 0.3) is 0 Å². The lowest BCUT2D eigenvalue weighted by molar-refractivity contribution is -0.121. The van der Waals surface area contributed by atoms with Gasteiger partial charge in [-0.1, -0.05) is 35.9 Å². The number of nitrogens with one attached hydrogen (secondary N) is 1. The summed E-state index contributed by atoms with van der Waals surface area (Å²) in [6, 6.07) is 20.8. The minimum atomic E-state index is -0.180. The third-order valence-corrected chi connectivity index (χ3v) is 4.90. The lowest BCUT2D eigenvalue weighted by atomic mass is 10.1. The smallest absolute Gasteiger partial charge is 0.265 e. The summed E-state index contributed by atoms with van der Waals surface area (Å²) in [6.07, 6.45) is 0. The number of hydrogen-bond acceptors (Lipinski definition) is 3. The number of hydrogen-bond donors (Lipinski definition) is 1. The van der Waals surface area contributed by atoms with Crippen LogP contribution < -0.4 is 15.0 Å². The maximum atomic E-state index is 12.6. The van der Waals surface area contributed by atoms with Gasteiger partial charge in [-0.15, -0.1) is 0 Å². The van der Waals surface area contributed by atoms with E-state index < -0.39 is 0 Å². The molecule has 0 spiro atoms. The van der Waals surface area contributed by atoms with Gasteiger partial charge in [0.15, 0.2) is 6.61 Å². The van der Waals surface area contributed by atoms with Crippen molar-refractivity contribution in [1.29, 1.82) is 0 Å². The summed E-state index contributed by atoms with van der Waals surface area (Å²) in [6.45, 7) is 4.38. The van der Waals surface area contributed by atoms with Crippen LogP contribution in [0.4, 0.5) is 11.4 Å². The molecule has 5 nitrogen and oxygen atoms in total. The number of amides is 2. The van der Waals surface area contributed by atoms with E-state index in [2.05, 4.69) is 5.32 Å². The van der Waals surface area contributed by atoms with Gasteiger partial charge in [0.2, 0.25) is 0 Å². The van der Waals surface area contributed by atoms with Crippen molar-refractivity contribution in [3.63, 3.8) is 0 Å². The fourth-order valence-electron chi connectivity index (χ4n) is 3.32. The van der Waals surface area contributed by atoms with Gasteiger partial charge in [0, 0.05) is 11.3 Å². The molecule has 0 aromatic heterocycles. The molecule has 3 aromatic rings. The Labute approximate surface area is 169 Å². The molecule has 0 atom stereocenters. The van der Waals surface area contributed by atoms with Crippen LogP contribution in [0.5, 0.6) is 5.75 Å². The zero-order valence-electron chi connectivity index (χ0n) is 16.4. The quantitative estimate of drug-likeness (QED) is 0.719. The van der Waals surface area contributed by atoms with Crippen molar-refractivity contribution in [2.75, 3.05) is 16.8 Å². The Morgan fingerprint density at radius 3 is 2.55 bits per heavy atom. The molecule has 1 heterocycles. The summed E-state index contributed by atoms with van der Waals surface area (Å²) in [4.78, 5) is 26.8. The Hall–Kier alpha value is -3.60. The number of carbonyl (C=O) groups is 2. The minimum absolute atomic E-state index is 0.0175. The first kappa shape index (κ1) is 18.7. The monoisotopic (exact) mass is 386 g/mol. The van der Waals surface area contributed by atoms with Crippen LogP contribution in [0.1, 0.15) is 27.0 Å². The second-order valence-corrected chi connectivity index (χ2v) is 7.26. The highest BCUT2D eigenvalue weighted by Gasteiger charge is 2.25. The van der Waals surface area contributed by atoms with E-state index in [0.29, 0.717) is 17.9 Å². The standard InChI is InChI=1S/C24H22N2O3/c1-16-6-9-20(10-7-16)25-24(28)19-5-3-4-18(13-19)14-26-21-12-17(2)8-11-22(21)29-15-23(26)27/h3-13H,14-15H2,1-2H3,(H,25,28). The average Bonchev–Trinajstić information content (AvgIpc) is 2.72. The van der Waals surface area contributed by atoms with Crippen molar-refractivity contribution < 1.29 is 14.3 Å². The summed E-state index contributed by atoms with van der Waals surface area (Å²) in [5.74, 6) is 0.418. The van der Waals surface area contributed by atoms with Crippen LogP contribution in [-0.2, 0) is 11.3 Å². The van der Waals surface area contributed by atoms with Gasteiger partial charge in [0.05, 0.1) is 12.2 Å². The topological polar surface area (TPSA) is 58.6 Å². The Morgan fingerprint density at radius 2 is 1.76 bits per heavy atom. The molecule has 0 radical (unpaired) electrons. The third-order valence-electron chi connectivity index (χ3n) is 4.90. The summed E-state index contributed by atoms with van der Waals surface area (Å²) >= 11 is 0. The Balaban J connectivity index is 1.55. The van der Waals surface area contributed by atoms with Crippen molar-refractivity contribution >= 4 is 23.2 Å². The second-order valence-electron chi connectivity index (χ2n) is 7.26. The zero-order valence-corrected chi connectivity index (χ0v) is 16.4. The van der Waals surface area contributed by atoms with Gasteiger partial charge in [0.1, 0.15) is 5.75 Å². The molecule has 4 rings (SSSR count). The van der Waals surface area contributed by atoms with Gasteiger partial charge in [-0.25, -0.2) is 0 Å². The maximum absolute atomic E-state index is 12.6. The molecule has 2 amide bonds.